The largest absolute Gasteiger partial charge is 0.368 e. The monoisotopic (exact) mass is 383 g/mol. The topological polar surface area (TPSA) is 79.7 Å². The lowest BCUT2D eigenvalue weighted by molar-refractivity contribution is -0.124. The first-order valence-corrected chi connectivity index (χ1v) is 9.89. The predicted octanol–water partition coefficient (Wildman–Crippen LogP) is 2.36. The van der Waals surface area contributed by atoms with Gasteiger partial charge in [0.15, 0.2) is 5.96 Å². The van der Waals surface area contributed by atoms with Crippen LogP contribution in [0.3, 0.4) is 0 Å². The molecular weight excluding hydrogens is 354 g/mol. The van der Waals surface area contributed by atoms with E-state index in [-0.39, 0.29) is 12.0 Å². The molecule has 0 radical (unpaired) electrons. The van der Waals surface area contributed by atoms with E-state index < -0.39 is 0 Å². The number of benzene rings is 1. The van der Waals surface area contributed by atoms with Gasteiger partial charge in [-0.2, -0.15) is 0 Å². The fourth-order valence-corrected chi connectivity index (χ4v) is 3.09. The van der Waals surface area contributed by atoms with Gasteiger partial charge in [0.1, 0.15) is 6.10 Å². The van der Waals surface area contributed by atoms with E-state index in [2.05, 4.69) is 25.5 Å². The summed E-state index contributed by atoms with van der Waals surface area (Å²) in [5, 5.41) is 9.55. The zero-order chi connectivity index (χ0) is 19.6. The first kappa shape index (κ1) is 19.9. The number of anilines is 1. The van der Waals surface area contributed by atoms with Gasteiger partial charge in [-0.1, -0.05) is 12.1 Å². The Morgan fingerprint density at radius 3 is 2.86 bits per heavy atom. The Morgan fingerprint density at radius 1 is 1.25 bits per heavy atom. The van der Waals surface area contributed by atoms with Gasteiger partial charge in [-0.15, -0.1) is 0 Å². The number of hydrogen-bond donors (Lipinski definition) is 3. The van der Waals surface area contributed by atoms with Crippen molar-refractivity contribution in [3.63, 3.8) is 0 Å². The Hall–Kier alpha value is -2.80. The molecule has 3 N–H and O–H groups in total. The molecule has 3 rings (SSSR count). The molecule has 0 bridgehead atoms. The SMILES string of the molecule is CCNC(=NCc1cccc(NC(=O)C2CCCO2)c1)NCCn1cccc1. The molecule has 0 saturated carbocycles. The number of rotatable bonds is 8. The molecule has 7 nitrogen and oxygen atoms in total. The van der Waals surface area contributed by atoms with Crippen LogP contribution in [-0.4, -0.2) is 42.2 Å². The van der Waals surface area contributed by atoms with E-state index in [1.54, 1.807) is 0 Å². The smallest absolute Gasteiger partial charge is 0.253 e. The molecular formula is C21H29N5O2. The average molecular weight is 383 g/mol. The second-order valence-electron chi connectivity index (χ2n) is 6.73. The van der Waals surface area contributed by atoms with Crippen molar-refractivity contribution in [1.29, 1.82) is 0 Å². The van der Waals surface area contributed by atoms with Crippen LogP contribution < -0.4 is 16.0 Å². The zero-order valence-corrected chi connectivity index (χ0v) is 16.4. The Labute approximate surface area is 166 Å². The number of aliphatic imine (C=N–C) groups is 1. The Morgan fingerprint density at radius 2 is 2.11 bits per heavy atom. The van der Waals surface area contributed by atoms with Crippen molar-refractivity contribution in [3.8, 4) is 0 Å². The molecule has 1 atom stereocenters. The highest BCUT2D eigenvalue weighted by atomic mass is 16.5. The quantitative estimate of drug-likeness (QED) is 0.483. The standard InChI is InChI=1S/C21H29N5O2/c1-2-22-21(23-10-13-26-11-3-4-12-26)24-16-17-7-5-8-18(15-17)25-20(27)19-9-6-14-28-19/h3-5,7-8,11-12,15,19H,2,6,9-10,13-14,16H2,1H3,(H,25,27)(H2,22,23,24). The van der Waals surface area contributed by atoms with Crippen molar-refractivity contribution < 1.29 is 9.53 Å². The Kier molecular flexibility index (Phi) is 7.49. The van der Waals surface area contributed by atoms with Crippen molar-refractivity contribution in [3.05, 3.63) is 54.4 Å². The number of ether oxygens (including phenoxy) is 1. The van der Waals surface area contributed by atoms with Crippen molar-refractivity contribution in [2.45, 2.75) is 39.0 Å². The third-order valence-corrected chi connectivity index (χ3v) is 4.51. The highest BCUT2D eigenvalue weighted by Crippen LogP contribution is 2.16. The highest BCUT2D eigenvalue weighted by molar-refractivity contribution is 5.94. The summed E-state index contributed by atoms with van der Waals surface area (Å²) in [5.41, 5.74) is 1.81. The molecule has 28 heavy (non-hydrogen) atoms. The van der Waals surface area contributed by atoms with Gasteiger partial charge in [0.05, 0.1) is 6.54 Å². The average Bonchev–Trinajstić information content (AvgIpc) is 3.40. The van der Waals surface area contributed by atoms with Crippen LogP contribution in [0.2, 0.25) is 0 Å². The van der Waals surface area contributed by atoms with Gasteiger partial charge in [0.25, 0.3) is 5.91 Å². The van der Waals surface area contributed by atoms with Gasteiger partial charge in [-0.05, 0) is 49.6 Å². The molecule has 0 spiro atoms. The summed E-state index contributed by atoms with van der Waals surface area (Å²) in [6, 6.07) is 11.8. The molecule has 1 saturated heterocycles. The van der Waals surface area contributed by atoms with Crippen LogP contribution in [0, 0.1) is 0 Å². The number of nitrogens with zero attached hydrogens (tertiary/aromatic N) is 2. The molecule has 1 aromatic heterocycles. The third-order valence-electron chi connectivity index (χ3n) is 4.51. The maximum Gasteiger partial charge on any atom is 0.253 e. The van der Waals surface area contributed by atoms with Crippen LogP contribution in [-0.2, 0) is 22.6 Å². The van der Waals surface area contributed by atoms with Crippen molar-refractivity contribution in [1.82, 2.24) is 15.2 Å². The number of guanidine groups is 1. The summed E-state index contributed by atoms with van der Waals surface area (Å²) in [6.07, 6.45) is 5.49. The summed E-state index contributed by atoms with van der Waals surface area (Å²) >= 11 is 0. The molecule has 1 aliphatic rings. The van der Waals surface area contributed by atoms with Gasteiger partial charge in [-0.3, -0.25) is 4.79 Å². The van der Waals surface area contributed by atoms with E-state index in [1.165, 1.54) is 0 Å². The van der Waals surface area contributed by atoms with Gasteiger partial charge >= 0.3 is 0 Å². The molecule has 1 amide bonds. The zero-order valence-electron chi connectivity index (χ0n) is 16.4. The van der Waals surface area contributed by atoms with E-state index in [4.69, 9.17) is 4.74 Å². The van der Waals surface area contributed by atoms with Crippen LogP contribution in [0.15, 0.2) is 53.8 Å². The fraction of sp³-hybridized carbons (Fsp3) is 0.429. The van der Waals surface area contributed by atoms with E-state index in [9.17, 15) is 4.79 Å². The minimum atomic E-state index is -0.327. The molecule has 1 fully saturated rings. The molecule has 7 heteroatoms. The Balaban J connectivity index is 1.53. The van der Waals surface area contributed by atoms with Crippen LogP contribution >= 0.6 is 0 Å². The van der Waals surface area contributed by atoms with Crippen LogP contribution in [0.5, 0.6) is 0 Å². The number of carbonyl (C=O) groups excluding carboxylic acids is 1. The van der Waals surface area contributed by atoms with E-state index in [0.29, 0.717) is 13.2 Å². The number of carbonyl (C=O) groups is 1. The molecule has 1 aliphatic heterocycles. The second kappa shape index (κ2) is 10.5. The van der Waals surface area contributed by atoms with Gasteiger partial charge in [0, 0.05) is 44.3 Å². The third kappa shape index (κ3) is 6.13. The predicted molar refractivity (Wildman–Crippen MR) is 111 cm³/mol. The first-order valence-electron chi connectivity index (χ1n) is 9.89. The number of aromatic nitrogens is 1. The fourth-order valence-electron chi connectivity index (χ4n) is 3.09. The maximum absolute atomic E-state index is 12.2. The summed E-state index contributed by atoms with van der Waals surface area (Å²) in [4.78, 5) is 16.9. The lowest BCUT2D eigenvalue weighted by Crippen LogP contribution is -2.38. The number of amides is 1. The minimum Gasteiger partial charge on any atom is -0.368 e. The summed E-state index contributed by atoms with van der Waals surface area (Å²) < 4.78 is 7.56. The number of nitrogens with one attached hydrogen (secondary N) is 3. The van der Waals surface area contributed by atoms with Crippen molar-refractivity contribution in [2.24, 2.45) is 4.99 Å². The van der Waals surface area contributed by atoms with Crippen molar-refractivity contribution in [2.75, 3.05) is 25.0 Å². The van der Waals surface area contributed by atoms with Crippen LogP contribution in [0.1, 0.15) is 25.3 Å². The highest BCUT2D eigenvalue weighted by Gasteiger charge is 2.23. The van der Waals surface area contributed by atoms with Gasteiger partial charge in [0.2, 0.25) is 0 Å². The lowest BCUT2D eigenvalue weighted by atomic mass is 10.2. The van der Waals surface area contributed by atoms with E-state index in [0.717, 1.165) is 49.7 Å². The normalized spacial score (nSPS) is 16.8. The maximum atomic E-state index is 12.2. The molecule has 0 aliphatic carbocycles. The summed E-state index contributed by atoms with van der Waals surface area (Å²) in [6.45, 7) is 5.71. The van der Waals surface area contributed by atoms with Crippen LogP contribution in [0.4, 0.5) is 5.69 Å². The molecule has 1 aromatic carbocycles. The Bertz CT molecular complexity index is 767. The summed E-state index contributed by atoms with van der Waals surface area (Å²) in [7, 11) is 0. The molecule has 1 unspecified atom stereocenters. The molecule has 2 heterocycles. The van der Waals surface area contributed by atoms with Gasteiger partial charge in [-0.25, -0.2) is 4.99 Å². The number of hydrogen-bond acceptors (Lipinski definition) is 3. The van der Waals surface area contributed by atoms with Crippen LogP contribution in [0.25, 0.3) is 0 Å². The van der Waals surface area contributed by atoms with E-state index >= 15 is 0 Å². The lowest BCUT2D eigenvalue weighted by Gasteiger charge is -2.13. The van der Waals surface area contributed by atoms with Crippen molar-refractivity contribution >= 4 is 17.6 Å². The van der Waals surface area contributed by atoms with Gasteiger partial charge < -0.3 is 25.3 Å². The molecule has 150 valence electrons. The van der Waals surface area contributed by atoms with E-state index in [1.807, 2.05) is 55.7 Å². The summed E-state index contributed by atoms with van der Waals surface area (Å²) in [5.74, 6) is 0.710. The minimum absolute atomic E-state index is 0.0711. The second-order valence-corrected chi connectivity index (χ2v) is 6.73. The first-order chi connectivity index (χ1) is 13.7. The molecule has 2 aromatic rings.